The molecule has 7 N–H and O–H groups in total. The Bertz CT molecular complexity index is 2250. The summed E-state index contributed by atoms with van der Waals surface area (Å²) in [6.45, 7) is 2.24. The predicted molar refractivity (Wildman–Crippen MR) is 178 cm³/mol. The van der Waals surface area contributed by atoms with Gasteiger partial charge < -0.3 is 49.1 Å². The highest BCUT2D eigenvalue weighted by Gasteiger charge is 2.56. The Kier molecular flexibility index (Phi) is 11.9. The number of aromatic amines is 2. The molecule has 0 aliphatic carbocycles. The molecule has 25 nitrogen and oxygen atoms in total. The molecule has 300 valence electrons. The standard InChI is InChI=1S/C28H36N8O17P2/c1-3-5-12(37)20(52-54(44,45)46)22-21(19(41)28(50-22)36-11-34-16-24(36)30-9-32-26(16)43)53-55(47,51-14(38)6-4-2)48-7-13-17(39)18(40)27(49-13)35-10-33-15-23(35)29-8-31-25(15)42/h8-11,13,17-22,27-28,39-41H,3-7H2,1-2H3,(H,29,31,42)(H,30,32,43)(H2,44,45,46)/t13-,17+,18-,19-,20?,21+,22-,27-,28-,55?/m1/s1. The lowest BCUT2D eigenvalue weighted by atomic mass is 10.00. The van der Waals surface area contributed by atoms with Crippen LogP contribution in [0.4, 0.5) is 0 Å². The van der Waals surface area contributed by atoms with Crippen molar-refractivity contribution in [3.63, 3.8) is 0 Å². The normalized spacial score (nSPS) is 27.4. The zero-order valence-electron chi connectivity index (χ0n) is 28.8. The first kappa shape index (κ1) is 40.6. The maximum absolute atomic E-state index is 14.4. The van der Waals surface area contributed by atoms with Crippen LogP contribution in [0.3, 0.4) is 0 Å². The van der Waals surface area contributed by atoms with Crippen LogP contribution in [0, 0.1) is 0 Å². The van der Waals surface area contributed by atoms with Crippen LogP contribution in [-0.4, -0.2) is 125 Å². The van der Waals surface area contributed by atoms with E-state index in [-0.39, 0.29) is 48.0 Å². The summed E-state index contributed by atoms with van der Waals surface area (Å²) in [6, 6.07) is 0. The molecule has 4 aromatic heterocycles. The number of phosphoric ester groups is 2. The van der Waals surface area contributed by atoms with Gasteiger partial charge in [0.1, 0.15) is 36.6 Å². The van der Waals surface area contributed by atoms with E-state index < -0.39 is 100 Å². The third kappa shape index (κ3) is 8.38. The number of aliphatic hydroxyl groups excluding tert-OH is 3. The number of H-pyrrole nitrogens is 2. The van der Waals surface area contributed by atoms with Crippen molar-refractivity contribution >= 4 is 49.7 Å². The van der Waals surface area contributed by atoms with Crippen molar-refractivity contribution in [2.45, 2.75) is 94.7 Å². The zero-order chi connectivity index (χ0) is 39.8. The van der Waals surface area contributed by atoms with E-state index in [1.54, 1.807) is 13.8 Å². The van der Waals surface area contributed by atoms with Gasteiger partial charge in [-0.2, -0.15) is 0 Å². The van der Waals surface area contributed by atoms with Gasteiger partial charge in [-0.15, -0.1) is 0 Å². The van der Waals surface area contributed by atoms with Crippen molar-refractivity contribution in [3.05, 3.63) is 46.0 Å². The summed E-state index contributed by atoms with van der Waals surface area (Å²) in [5.41, 5.74) is -1.78. The van der Waals surface area contributed by atoms with Gasteiger partial charge in [0.2, 0.25) is 0 Å². The summed E-state index contributed by atoms with van der Waals surface area (Å²) in [4.78, 5) is 90.6. The van der Waals surface area contributed by atoms with Gasteiger partial charge in [0.25, 0.3) is 11.1 Å². The Hall–Kier alpha value is -4.10. The number of hydrogen-bond donors (Lipinski definition) is 7. The van der Waals surface area contributed by atoms with E-state index in [1.807, 2.05) is 0 Å². The summed E-state index contributed by atoms with van der Waals surface area (Å²) in [6.07, 6.45) is -12.6. The minimum Gasteiger partial charge on any atom is -0.387 e. The molecule has 27 heteroatoms. The van der Waals surface area contributed by atoms with Crippen LogP contribution in [0.5, 0.6) is 0 Å². The van der Waals surface area contributed by atoms with Crippen LogP contribution in [0.1, 0.15) is 52.0 Å². The number of ether oxygens (including phenoxy) is 2. The molecule has 0 saturated carbocycles. The number of ketones is 1. The van der Waals surface area contributed by atoms with Gasteiger partial charge in [0.05, 0.1) is 31.9 Å². The average Bonchev–Trinajstić information content (AvgIpc) is 3.88. The van der Waals surface area contributed by atoms with Gasteiger partial charge in [-0.3, -0.25) is 41.9 Å². The number of phosphoric acid groups is 2. The van der Waals surface area contributed by atoms with Crippen molar-refractivity contribution in [2.24, 2.45) is 0 Å². The van der Waals surface area contributed by atoms with Gasteiger partial charge in [-0.1, -0.05) is 13.8 Å². The van der Waals surface area contributed by atoms with Gasteiger partial charge in [0.15, 0.2) is 46.7 Å². The van der Waals surface area contributed by atoms with Gasteiger partial charge in [-0.05, 0) is 12.8 Å². The summed E-state index contributed by atoms with van der Waals surface area (Å²) in [7, 11) is -10.8. The van der Waals surface area contributed by atoms with Crippen molar-refractivity contribution in [1.82, 2.24) is 39.0 Å². The van der Waals surface area contributed by atoms with Crippen LogP contribution < -0.4 is 11.1 Å². The van der Waals surface area contributed by atoms with Gasteiger partial charge >= 0.3 is 21.6 Å². The zero-order valence-corrected chi connectivity index (χ0v) is 30.5. The summed E-state index contributed by atoms with van der Waals surface area (Å²) in [5, 5.41) is 33.4. The molecule has 55 heavy (non-hydrogen) atoms. The monoisotopic (exact) mass is 818 g/mol. The van der Waals surface area contributed by atoms with E-state index in [0.717, 1.165) is 34.4 Å². The lowest BCUT2D eigenvalue weighted by molar-refractivity contribution is -0.142. The Morgan fingerprint density at radius 3 is 1.96 bits per heavy atom. The Morgan fingerprint density at radius 2 is 1.42 bits per heavy atom. The number of rotatable bonds is 16. The van der Waals surface area contributed by atoms with Gasteiger partial charge in [0, 0.05) is 12.8 Å². The quantitative estimate of drug-likeness (QED) is 0.0655. The lowest BCUT2D eigenvalue weighted by Crippen LogP contribution is -2.45. The molecule has 6 rings (SSSR count). The minimum absolute atomic E-state index is 0.0185. The number of carbonyl (C=O) groups excluding carboxylic acids is 2. The summed E-state index contributed by atoms with van der Waals surface area (Å²) >= 11 is 0. The first-order valence-electron chi connectivity index (χ1n) is 16.6. The Labute approximate surface area is 307 Å². The fraction of sp³-hybridized carbons (Fsp3) is 0.571. The molecule has 0 amide bonds. The number of nitrogens with one attached hydrogen (secondary N) is 2. The molecule has 0 spiro atoms. The van der Waals surface area contributed by atoms with E-state index >= 15 is 0 Å². The largest absolute Gasteiger partial charge is 0.532 e. The molecule has 2 unspecified atom stereocenters. The smallest absolute Gasteiger partial charge is 0.387 e. The van der Waals surface area contributed by atoms with E-state index in [0.29, 0.717) is 0 Å². The average molecular weight is 819 g/mol. The van der Waals surface area contributed by atoms with Crippen LogP contribution in [0.2, 0.25) is 0 Å². The number of imidazole rings is 2. The molecule has 0 aromatic carbocycles. The molecule has 2 saturated heterocycles. The van der Waals surface area contributed by atoms with E-state index in [1.165, 1.54) is 0 Å². The number of Topliss-reactive ketones (excluding diaryl/α,β-unsaturated/α-hetero) is 1. The van der Waals surface area contributed by atoms with Crippen molar-refractivity contribution < 1.29 is 71.4 Å². The molecule has 0 bridgehead atoms. The Morgan fingerprint density at radius 1 is 0.855 bits per heavy atom. The second-order valence-corrected chi connectivity index (χ2v) is 15.1. The second-order valence-electron chi connectivity index (χ2n) is 12.4. The first-order chi connectivity index (χ1) is 26.1. The highest BCUT2D eigenvalue weighted by atomic mass is 31.2. The molecule has 10 atom stereocenters. The summed E-state index contributed by atoms with van der Waals surface area (Å²) in [5.74, 6) is -2.07. The summed E-state index contributed by atoms with van der Waals surface area (Å²) < 4.78 is 61.4. The topological polar surface area (TPSA) is 352 Å². The second kappa shape index (κ2) is 16.2. The minimum atomic E-state index is -5.49. The highest BCUT2D eigenvalue weighted by Crippen LogP contribution is 2.55. The van der Waals surface area contributed by atoms with Crippen molar-refractivity contribution in [2.75, 3.05) is 6.61 Å². The molecule has 2 fully saturated rings. The molecule has 2 aliphatic rings. The molecular weight excluding hydrogens is 782 g/mol. The van der Waals surface area contributed by atoms with E-state index in [9.17, 15) is 53.4 Å². The fourth-order valence-electron chi connectivity index (χ4n) is 6.07. The number of nitrogens with zero attached hydrogens (tertiary/aromatic N) is 6. The third-order valence-electron chi connectivity index (χ3n) is 8.54. The molecular formula is C28H36N8O17P2. The number of aromatic nitrogens is 8. The molecule has 4 aromatic rings. The predicted octanol–water partition coefficient (Wildman–Crippen LogP) is -1.17. The molecule has 0 radical (unpaired) electrons. The Balaban J connectivity index is 1.33. The molecule has 6 heterocycles. The lowest BCUT2D eigenvalue weighted by Gasteiger charge is -2.29. The SMILES string of the molecule is CCCC(=O)OP(=O)(OC[C@H]1O[C@@H](n2cnc3c(=O)[nH]cnc32)[C@H](O)[C@H]1O)O[C@H]1[C@@H](O)[C@H](n2cnc3c(=O)[nH]cnc32)O[C@@H]1C(OP(=O)(O)O)C(=O)CCC. The number of hydrogen-bond acceptors (Lipinski definition) is 19. The van der Waals surface area contributed by atoms with Crippen LogP contribution in [-0.2, 0) is 46.3 Å². The fourth-order valence-corrected chi connectivity index (χ4v) is 7.97. The van der Waals surface area contributed by atoms with Crippen molar-refractivity contribution in [3.8, 4) is 0 Å². The van der Waals surface area contributed by atoms with Crippen LogP contribution in [0.25, 0.3) is 22.3 Å². The maximum Gasteiger partial charge on any atom is 0.532 e. The molecule has 2 aliphatic heterocycles. The maximum atomic E-state index is 14.4. The highest BCUT2D eigenvalue weighted by molar-refractivity contribution is 7.49. The number of carbonyl (C=O) groups is 2. The number of fused-ring (bicyclic) bond motifs is 2. The number of aliphatic hydroxyl groups is 3. The van der Waals surface area contributed by atoms with Crippen LogP contribution >= 0.6 is 15.6 Å². The first-order valence-corrected chi connectivity index (χ1v) is 19.6. The van der Waals surface area contributed by atoms with Crippen LogP contribution in [0.15, 0.2) is 34.9 Å². The van der Waals surface area contributed by atoms with Crippen molar-refractivity contribution in [1.29, 1.82) is 0 Å². The van der Waals surface area contributed by atoms with Gasteiger partial charge in [-0.25, -0.2) is 29.1 Å². The third-order valence-corrected chi connectivity index (χ3v) is 10.4. The van der Waals surface area contributed by atoms with E-state index in [4.69, 9.17) is 27.6 Å². The van der Waals surface area contributed by atoms with E-state index in [2.05, 4.69) is 29.9 Å².